The number of thiophene rings is 1. The molecule has 104 valence electrons. The van der Waals surface area contributed by atoms with Gasteiger partial charge in [-0.3, -0.25) is 4.79 Å². The average Bonchev–Trinajstić information content (AvgIpc) is 2.94. The van der Waals surface area contributed by atoms with Crippen molar-refractivity contribution in [1.82, 2.24) is 4.90 Å². The number of hydrogen-bond donors (Lipinski definition) is 1. The standard InChI is InChI=1S/C16H18N2OS/c1-2-9-18(12-15-4-3-10-20-15)16(19)11-13-5-7-14(17)8-6-13/h2-8,10H,1,9,11-12,17H2. The van der Waals surface area contributed by atoms with Crippen LogP contribution >= 0.6 is 11.3 Å². The summed E-state index contributed by atoms with van der Waals surface area (Å²) in [5.74, 6) is 0.100. The summed E-state index contributed by atoms with van der Waals surface area (Å²) in [5, 5.41) is 2.02. The van der Waals surface area contributed by atoms with Crippen molar-refractivity contribution >= 4 is 22.9 Å². The maximum atomic E-state index is 12.4. The van der Waals surface area contributed by atoms with Crippen LogP contribution in [0.3, 0.4) is 0 Å². The Morgan fingerprint density at radius 1 is 1.30 bits per heavy atom. The second-order valence-corrected chi connectivity index (χ2v) is 5.59. The zero-order chi connectivity index (χ0) is 14.4. The van der Waals surface area contributed by atoms with Gasteiger partial charge in [0.1, 0.15) is 0 Å². The van der Waals surface area contributed by atoms with Gasteiger partial charge in [0.05, 0.1) is 13.0 Å². The second-order valence-electron chi connectivity index (χ2n) is 4.56. The van der Waals surface area contributed by atoms with Crippen LogP contribution in [0.2, 0.25) is 0 Å². The lowest BCUT2D eigenvalue weighted by Crippen LogP contribution is -2.31. The van der Waals surface area contributed by atoms with Gasteiger partial charge in [-0.15, -0.1) is 17.9 Å². The first-order valence-electron chi connectivity index (χ1n) is 6.44. The largest absolute Gasteiger partial charge is 0.399 e. The molecule has 0 aliphatic carbocycles. The van der Waals surface area contributed by atoms with Crippen molar-refractivity contribution < 1.29 is 4.79 Å². The highest BCUT2D eigenvalue weighted by molar-refractivity contribution is 7.09. The lowest BCUT2D eigenvalue weighted by atomic mass is 10.1. The van der Waals surface area contributed by atoms with Gasteiger partial charge >= 0.3 is 0 Å². The van der Waals surface area contributed by atoms with Crippen LogP contribution in [0.1, 0.15) is 10.4 Å². The quantitative estimate of drug-likeness (QED) is 0.655. The van der Waals surface area contributed by atoms with Gasteiger partial charge in [-0.25, -0.2) is 0 Å². The van der Waals surface area contributed by atoms with Crippen molar-refractivity contribution in [2.45, 2.75) is 13.0 Å². The normalized spacial score (nSPS) is 10.2. The first-order valence-corrected chi connectivity index (χ1v) is 7.32. The first-order chi connectivity index (χ1) is 9.69. The molecule has 4 heteroatoms. The van der Waals surface area contributed by atoms with Crippen molar-refractivity contribution in [2.24, 2.45) is 0 Å². The Bertz CT molecular complexity index is 561. The van der Waals surface area contributed by atoms with E-state index >= 15 is 0 Å². The van der Waals surface area contributed by atoms with Crippen LogP contribution in [0, 0.1) is 0 Å². The van der Waals surface area contributed by atoms with Crippen LogP contribution in [0.15, 0.2) is 54.4 Å². The van der Waals surface area contributed by atoms with Crippen molar-refractivity contribution in [2.75, 3.05) is 12.3 Å². The van der Waals surface area contributed by atoms with E-state index in [9.17, 15) is 4.79 Å². The SMILES string of the molecule is C=CCN(Cc1cccs1)C(=O)Cc1ccc(N)cc1. The van der Waals surface area contributed by atoms with E-state index in [1.807, 2.05) is 46.7 Å². The summed E-state index contributed by atoms with van der Waals surface area (Å²) >= 11 is 1.66. The lowest BCUT2D eigenvalue weighted by molar-refractivity contribution is -0.130. The average molecular weight is 286 g/mol. The summed E-state index contributed by atoms with van der Waals surface area (Å²) in [7, 11) is 0. The maximum absolute atomic E-state index is 12.4. The maximum Gasteiger partial charge on any atom is 0.227 e. The second kappa shape index (κ2) is 6.91. The van der Waals surface area contributed by atoms with Crippen LogP contribution in [0.25, 0.3) is 0 Å². The summed E-state index contributed by atoms with van der Waals surface area (Å²) in [6.07, 6.45) is 2.15. The van der Waals surface area contributed by atoms with E-state index in [0.29, 0.717) is 25.2 Å². The van der Waals surface area contributed by atoms with E-state index in [0.717, 1.165) is 5.56 Å². The van der Waals surface area contributed by atoms with Crippen molar-refractivity contribution in [3.05, 3.63) is 64.9 Å². The number of hydrogen-bond acceptors (Lipinski definition) is 3. The topological polar surface area (TPSA) is 46.3 Å². The zero-order valence-corrected chi connectivity index (χ0v) is 12.1. The van der Waals surface area contributed by atoms with E-state index in [1.54, 1.807) is 17.4 Å². The molecule has 20 heavy (non-hydrogen) atoms. The third-order valence-electron chi connectivity index (χ3n) is 2.96. The van der Waals surface area contributed by atoms with Gasteiger partial charge in [-0.1, -0.05) is 24.3 Å². The van der Waals surface area contributed by atoms with E-state index in [1.165, 1.54) is 4.88 Å². The number of carbonyl (C=O) groups excluding carboxylic acids is 1. The Kier molecular flexibility index (Phi) is 4.96. The fourth-order valence-corrected chi connectivity index (χ4v) is 2.64. The summed E-state index contributed by atoms with van der Waals surface area (Å²) in [4.78, 5) is 15.4. The molecule has 2 rings (SSSR count). The van der Waals surface area contributed by atoms with Gasteiger partial charge < -0.3 is 10.6 Å². The molecular formula is C16H18N2OS. The van der Waals surface area contributed by atoms with Gasteiger partial charge in [-0.2, -0.15) is 0 Å². The molecule has 0 spiro atoms. The molecule has 1 heterocycles. The monoisotopic (exact) mass is 286 g/mol. The molecule has 0 bridgehead atoms. The zero-order valence-electron chi connectivity index (χ0n) is 11.3. The molecule has 1 amide bonds. The number of nitrogen functional groups attached to an aromatic ring is 1. The molecule has 0 saturated carbocycles. The van der Waals surface area contributed by atoms with E-state index in [4.69, 9.17) is 5.73 Å². The molecule has 2 aromatic rings. The molecule has 3 nitrogen and oxygen atoms in total. The first kappa shape index (κ1) is 14.3. The van der Waals surface area contributed by atoms with Gasteiger partial charge in [0.15, 0.2) is 0 Å². The fraction of sp³-hybridized carbons (Fsp3) is 0.188. The predicted molar refractivity (Wildman–Crippen MR) is 84.5 cm³/mol. The molecule has 0 atom stereocenters. The summed E-state index contributed by atoms with van der Waals surface area (Å²) in [6, 6.07) is 11.5. The molecule has 0 aliphatic rings. The van der Waals surface area contributed by atoms with Crippen molar-refractivity contribution in [3.8, 4) is 0 Å². The highest BCUT2D eigenvalue weighted by Gasteiger charge is 2.13. The number of nitrogens with two attached hydrogens (primary N) is 1. The van der Waals surface area contributed by atoms with E-state index < -0.39 is 0 Å². The number of benzene rings is 1. The summed E-state index contributed by atoms with van der Waals surface area (Å²) in [6.45, 7) is 4.92. The number of amides is 1. The van der Waals surface area contributed by atoms with Crippen molar-refractivity contribution in [3.63, 3.8) is 0 Å². The van der Waals surface area contributed by atoms with Gasteiger partial charge in [0, 0.05) is 17.1 Å². The minimum absolute atomic E-state index is 0.100. The Morgan fingerprint density at radius 2 is 2.05 bits per heavy atom. The molecule has 0 saturated heterocycles. The highest BCUT2D eigenvalue weighted by Crippen LogP contribution is 2.14. The van der Waals surface area contributed by atoms with Gasteiger partial charge in [-0.05, 0) is 29.1 Å². The van der Waals surface area contributed by atoms with Crippen LogP contribution < -0.4 is 5.73 Å². The van der Waals surface area contributed by atoms with Crippen LogP contribution in [-0.2, 0) is 17.8 Å². The van der Waals surface area contributed by atoms with Crippen molar-refractivity contribution in [1.29, 1.82) is 0 Å². The molecule has 0 radical (unpaired) electrons. The number of anilines is 1. The molecule has 1 aromatic carbocycles. The predicted octanol–water partition coefficient (Wildman–Crippen LogP) is 3.09. The number of nitrogens with zero attached hydrogens (tertiary/aromatic N) is 1. The molecule has 0 fully saturated rings. The summed E-state index contributed by atoms with van der Waals surface area (Å²) < 4.78 is 0. The molecular weight excluding hydrogens is 268 g/mol. The molecule has 2 N–H and O–H groups in total. The Labute approximate surface area is 123 Å². The number of carbonyl (C=O) groups is 1. The Hall–Kier alpha value is -2.07. The van der Waals surface area contributed by atoms with Gasteiger partial charge in [0.25, 0.3) is 0 Å². The number of rotatable bonds is 6. The molecule has 0 aliphatic heterocycles. The van der Waals surface area contributed by atoms with Crippen LogP contribution in [0.5, 0.6) is 0 Å². The fourth-order valence-electron chi connectivity index (χ4n) is 1.92. The minimum atomic E-state index is 0.100. The Balaban J connectivity index is 2.02. The molecule has 0 unspecified atom stereocenters. The van der Waals surface area contributed by atoms with E-state index in [2.05, 4.69) is 6.58 Å². The third kappa shape index (κ3) is 3.96. The third-order valence-corrected chi connectivity index (χ3v) is 3.83. The lowest BCUT2D eigenvalue weighted by Gasteiger charge is -2.20. The van der Waals surface area contributed by atoms with Crippen LogP contribution in [0.4, 0.5) is 5.69 Å². The minimum Gasteiger partial charge on any atom is -0.399 e. The molecule has 1 aromatic heterocycles. The Morgan fingerprint density at radius 3 is 2.65 bits per heavy atom. The highest BCUT2D eigenvalue weighted by atomic mass is 32.1. The summed E-state index contributed by atoms with van der Waals surface area (Å²) in [5.41, 5.74) is 7.34. The van der Waals surface area contributed by atoms with Crippen LogP contribution in [-0.4, -0.2) is 17.4 Å². The van der Waals surface area contributed by atoms with Gasteiger partial charge in [0.2, 0.25) is 5.91 Å². The van der Waals surface area contributed by atoms with E-state index in [-0.39, 0.29) is 5.91 Å². The smallest absolute Gasteiger partial charge is 0.227 e.